The SMILES string of the molecule is CCOC(=O)N1CCC(Nc2ncnc3[nH]ccc23)CC1. The van der Waals surface area contributed by atoms with Crippen molar-refractivity contribution in [2.45, 2.75) is 25.8 Å². The molecule has 1 aliphatic heterocycles. The van der Waals surface area contributed by atoms with Crippen molar-refractivity contribution in [2.75, 3.05) is 25.0 Å². The van der Waals surface area contributed by atoms with E-state index >= 15 is 0 Å². The van der Waals surface area contributed by atoms with Crippen molar-refractivity contribution in [3.63, 3.8) is 0 Å². The van der Waals surface area contributed by atoms with Crippen molar-refractivity contribution < 1.29 is 9.53 Å². The zero-order chi connectivity index (χ0) is 14.7. The van der Waals surface area contributed by atoms with Crippen molar-refractivity contribution in [3.8, 4) is 0 Å². The second-order valence-electron chi connectivity index (χ2n) is 5.07. The van der Waals surface area contributed by atoms with Gasteiger partial charge >= 0.3 is 6.09 Å². The molecule has 0 spiro atoms. The number of piperidine rings is 1. The molecule has 2 aromatic rings. The summed E-state index contributed by atoms with van der Waals surface area (Å²) in [6, 6.07) is 2.27. The van der Waals surface area contributed by atoms with Crippen LogP contribution < -0.4 is 5.32 Å². The Hall–Kier alpha value is -2.31. The number of hydrogen-bond acceptors (Lipinski definition) is 5. The van der Waals surface area contributed by atoms with Crippen molar-refractivity contribution >= 4 is 22.9 Å². The minimum absolute atomic E-state index is 0.217. The van der Waals surface area contributed by atoms with Gasteiger partial charge in [-0.25, -0.2) is 14.8 Å². The van der Waals surface area contributed by atoms with Gasteiger partial charge in [0.2, 0.25) is 0 Å². The molecule has 0 atom stereocenters. The van der Waals surface area contributed by atoms with E-state index in [-0.39, 0.29) is 6.09 Å². The second-order valence-corrected chi connectivity index (χ2v) is 5.07. The maximum absolute atomic E-state index is 11.7. The van der Waals surface area contributed by atoms with Gasteiger partial charge in [0.05, 0.1) is 12.0 Å². The van der Waals surface area contributed by atoms with Crippen molar-refractivity contribution in [1.29, 1.82) is 0 Å². The number of fused-ring (bicyclic) bond motifs is 1. The fraction of sp³-hybridized carbons (Fsp3) is 0.500. The molecule has 112 valence electrons. The van der Waals surface area contributed by atoms with E-state index in [0.717, 1.165) is 29.7 Å². The number of H-pyrrole nitrogens is 1. The maximum atomic E-state index is 11.7. The molecule has 2 aromatic heterocycles. The molecule has 1 aliphatic rings. The van der Waals surface area contributed by atoms with Crippen LogP contribution in [0.5, 0.6) is 0 Å². The molecular formula is C14H19N5O2. The van der Waals surface area contributed by atoms with Crippen LogP contribution >= 0.6 is 0 Å². The number of nitrogens with one attached hydrogen (secondary N) is 2. The van der Waals surface area contributed by atoms with Crippen LogP contribution in [-0.4, -0.2) is 51.7 Å². The summed E-state index contributed by atoms with van der Waals surface area (Å²) in [7, 11) is 0. The molecule has 1 amide bonds. The molecule has 2 N–H and O–H groups in total. The highest BCUT2D eigenvalue weighted by Crippen LogP contribution is 2.21. The number of carbonyl (C=O) groups excluding carboxylic acids is 1. The maximum Gasteiger partial charge on any atom is 0.409 e. The van der Waals surface area contributed by atoms with Crippen LogP contribution in [0.25, 0.3) is 11.0 Å². The number of amides is 1. The predicted molar refractivity (Wildman–Crippen MR) is 79.1 cm³/mol. The van der Waals surface area contributed by atoms with E-state index in [1.54, 1.807) is 11.2 Å². The van der Waals surface area contributed by atoms with Gasteiger partial charge in [-0.3, -0.25) is 0 Å². The zero-order valence-electron chi connectivity index (χ0n) is 12.0. The summed E-state index contributed by atoms with van der Waals surface area (Å²) in [5, 5.41) is 4.44. The van der Waals surface area contributed by atoms with Gasteiger partial charge in [0, 0.05) is 25.3 Å². The highest BCUT2D eigenvalue weighted by molar-refractivity contribution is 5.86. The van der Waals surface area contributed by atoms with E-state index < -0.39 is 0 Å². The minimum atomic E-state index is -0.217. The number of carbonyl (C=O) groups is 1. The highest BCUT2D eigenvalue weighted by atomic mass is 16.6. The van der Waals surface area contributed by atoms with Gasteiger partial charge < -0.3 is 19.9 Å². The van der Waals surface area contributed by atoms with E-state index in [0.29, 0.717) is 25.7 Å². The first-order chi connectivity index (χ1) is 10.3. The summed E-state index contributed by atoms with van der Waals surface area (Å²) in [6.07, 6.45) is 4.96. The largest absolute Gasteiger partial charge is 0.450 e. The molecule has 0 aromatic carbocycles. The Bertz CT molecular complexity index is 619. The molecule has 7 nitrogen and oxygen atoms in total. The van der Waals surface area contributed by atoms with E-state index in [1.165, 1.54) is 0 Å². The normalized spacial score (nSPS) is 16.1. The van der Waals surface area contributed by atoms with E-state index in [2.05, 4.69) is 20.3 Å². The molecule has 0 radical (unpaired) electrons. The number of likely N-dealkylation sites (tertiary alicyclic amines) is 1. The summed E-state index contributed by atoms with van der Waals surface area (Å²) < 4.78 is 5.02. The summed E-state index contributed by atoms with van der Waals surface area (Å²) in [6.45, 7) is 3.66. The third-order valence-electron chi connectivity index (χ3n) is 3.72. The number of nitrogens with zero attached hydrogens (tertiary/aromatic N) is 3. The molecule has 3 heterocycles. The molecule has 1 fully saturated rings. The van der Waals surface area contributed by atoms with Gasteiger partial charge in [-0.15, -0.1) is 0 Å². The Morgan fingerprint density at radius 1 is 1.48 bits per heavy atom. The number of aromatic nitrogens is 3. The monoisotopic (exact) mass is 289 g/mol. The molecular weight excluding hydrogens is 270 g/mol. The first-order valence-corrected chi connectivity index (χ1v) is 7.24. The lowest BCUT2D eigenvalue weighted by atomic mass is 10.1. The third-order valence-corrected chi connectivity index (χ3v) is 3.72. The average Bonchev–Trinajstić information content (AvgIpc) is 2.98. The summed E-state index contributed by atoms with van der Waals surface area (Å²) in [5.41, 5.74) is 0.830. The molecule has 21 heavy (non-hydrogen) atoms. The van der Waals surface area contributed by atoms with E-state index in [1.807, 2.05) is 19.2 Å². The smallest absolute Gasteiger partial charge is 0.409 e. The van der Waals surface area contributed by atoms with Crippen LogP contribution in [0.3, 0.4) is 0 Å². The van der Waals surface area contributed by atoms with Gasteiger partial charge in [0.1, 0.15) is 17.8 Å². The quantitative estimate of drug-likeness (QED) is 0.903. The zero-order valence-corrected chi connectivity index (χ0v) is 12.0. The predicted octanol–water partition coefficient (Wildman–Crippen LogP) is 1.99. The Labute approximate surface area is 122 Å². The summed E-state index contributed by atoms with van der Waals surface area (Å²) >= 11 is 0. The van der Waals surface area contributed by atoms with Crippen LogP contribution in [0.4, 0.5) is 10.6 Å². The molecule has 7 heteroatoms. The highest BCUT2D eigenvalue weighted by Gasteiger charge is 2.24. The van der Waals surface area contributed by atoms with Crippen molar-refractivity contribution in [2.24, 2.45) is 0 Å². The fourth-order valence-corrected chi connectivity index (χ4v) is 2.60. The Balaban J connectivity index is 1.60. The molecule has 1 saturated heterocycles. The minimum Gasteiger partial charge on any atom is -0.450 e. The topological polar surface area (TPSA) is 83.1 Å². The van der Waals surface area contributed by atoms with Crippen LogP contribution in [-0.2, 0) is 4.74 Å². The molecule has 0 saturated carbocycles. The first kappa shape index (κ1) is 13.7. The van der Waals surface area contributed by atoms with Gasteiger partial charge in [-0.2, -0.15) is 0 Å². The standard InChI is InChI=1S/C14H19N5O2/c1-2-21-14(20)19-7-4-10(5-8-19)18-13-11-3-6-15-12(11)16-9-17-13/h3,6,9-10H,2,4-5,7-8H2,1H3,(H2,15,16,17,18). The number of anilines is 1. The number of hydrogen-bond donors (Lipinski definition) is 2. The fourth-order valence-electron chi connectivity index (χ4n) is 2.60. The average molecular weight is 289 g/mol. The van der Waals surface area contributed by atoms with Gasteiger partial charge in [-0.05, 0) is 25.8 Å². The van der Waals surface area contributed by atoms with Crippen molar-refractivity contribution in [3.05, 3.63) is 18.6 Å². The first-order valence-electron chi connectivity index (χ1n) is 7.24. The van der Waals surface area contributed by atoms with Gasteiger partial charge in [0.15, 0.2) is 0 Å². The molecule has 0 aliphatic carbocycles. The lowest BCUT2D eigenvalue weighted by Crippen LogP contribution is -2.42. The lowest BCUT2D eigenvalue weighted by Gasteiger charge is -2.31. The molecule has 3 rings (SSSR count). The number of rotatable bonds is 3. The van der Waals surface area contributed by atoms with Crippen LogP contribution in [0, 0.1) is 0 Å². The van der Waals surface area contributed by atoms with Crippen molar-refractivity contribution in [1.82, 2.24) is 19.9 Å². The summed E-state index contributed by atoms with van der Waals surface area (Å²) in [5.74, 6) is 0.843. The van der Waals surface area contributed by atoms with E-state index in [4.69, 9.17) is 4.74 Å². The van der Waals surface area contributed by atoms with E-state index in [9.17, 15) is 4.79 Å². The lowest BCUT2D eigenvalue weighted by molar-refractivity contribution is 0.0983. The Morgan fingerprint density at radius 2 is 2.29 bits per heavy atom. The molecule has 0 unspecified atom stereocenters. The Morgan fingerprint density at radius 3 is 3.05 bits per heavy atom. The second kappa shape index (κ2) is 5.99. The molecule has 0 bridgehead atoms. The summed E-state index contributed by atoms with van der Waals surface area (Å²) in [4.78, 5) is 25.0. The van der Waals surface area contributed by atoms with Gasteiger partial charge in [-0.1, -0.05) is 0 Å². The van der Waals surface area contributed by atoms with Crippen LogP contribution in [0.15, 0.2) is 18.6 Å². The number of aromatic amines is 1. The van der Waals surface area contributed by atoms with Gasteiger partial charge in [0.25, 0.3) is 0 Å². The van der Waals surface area contributed by atoms with Crippen LogP contribution in [0.1, 0.15) is 19.8 Å². The third kappa shape index (κ3) is 2.91. The Kier molecular flexibility index (Phi) is 3.89. The number of ether oxygens (including phenoxy) is 1. The van der Waals surface area contributed by atoms with Crippen LogP contribution in [0.2, 0.25) is 0 Å².